The predicted octanol–water partition coefficient (Wildman–Crippen LogP) is 11.9. The normalized spacial score (nSPS) is 13.2. The Hall–Kier alpha value is -2.17. The monoisotopic (exact) mass is 627 g/mol. The summed E-state index contributed by atoms with van der Waals surface area (Å²) < 4.78 is 11.1. The van der Waals surface area contributed by atoms with Gasteiger partial charge in [0.2, 0.25) is 0 Å². The van der Waals surface area contributed by atoms with E-state index in [1.165, 1.54) is 64.2 Å². The molecule has 0 fully saturated rings. The molecule has 0 amide bonds. The summed E-state index contributed by atoms with van der Waals surface area (Å²) in [6.07, 6.45) is 50.9. The van der Waals surface area contributed by atoms with E-state index in [4.69, 9.17) is 9.47 Å². The minimum atomic E-state index is -0.544. The minimum Gasteiger partial charge on any atom is -0.457 e. The Bertz CT molecular complexity index is 789. The molecular weight excluding hydrogens is 556 g/mol. The zero-order valence-corrected chi connectivity index (χ0v) is 29.4. The molecular formula is C41H70O4. The van der Waals surface area contributed by atoms with Gasteiger partial charge in [0.1, 0.15) is 6.10 Å². The quantitative estimate of drug-likeness (QED) is 0.0447. The Morgan fingerprint density at radius 2 is 1.00 bits per heavy atom. The maximum absolute atomic E-state index is 12.1. The Balaban J connectivity index is 3.54. The Morgan fingerprint density at radius 3 is 1.51 bits per heavy atom. The van der Waals surface area contributed by atoms with Crippen LogP contribution >= 0.6 is 0 Å². The maximum atomic E-state index is 12.1. The van der Waals surface area contributed by atoms with E-state index in [2.05, 4.69) is 86.8 Å². The highest BCUT2D eigenvalue weighted by atomic mass is 16.6. The van der Waals surface area contributed by atoms with Crippen LogP contribution in [0.5, 0.6) is 0 Å². The van der Waals surface area contributed by atoms with Crippen molar-refractivity contribution in [1.29, 1.82) is 0 Å². The number of hydrogen-bond acceptors (Lipinski definition) is 4. The molecule has 0 aromatic carbocycles. The molecule has 0 heterocycles. The van der Waals surface area contributed by atoms with E-state index in [1.54, 1.807) is 0 Å². The van der Waals surface area contributed by atoms with Gasteiger partial charge in [-0.1, -0.05) is 157 Å². The fourth-order valence-corrected chi connectivity index (χ4v) is 4.80. The second kappa shape index (κ2) is 38.0. The molecule has 1 N–H and O–H groups in total. The van der Waals surface area contributed by atoms with Crippen molar-refractivity contribution in [1.82, 2.24) is 0 Å². The molecule has 0 spiro atoms. The van der Waals surface area contributed by atoms with Gasteiger partial charge in [-0.15, -0.1) is 0 Å². The van der Waals surface area contributed by atoms with Crippen LogP contribution in [-0.4, -0.2) is 37.0 Å². The number of aliphatic hydroxyl groups is 1. The number of unbranched alkanes of at least 4 members (excludes halogenated alkanes) is 13. The van der Waals surface area contributed by atoms with Crippen molar-refractivity contribution in [2.75, 3.05) is 19.8 Å². The predicted molar refractivity (Wildman–Crippen MR) is 196 cm³/mol. The van der Waals surface area contributed by atoms with Crippen molar-refractivity contribution in [2.45, 2.75) is 161 Å². The smallest absolute Gasteiger partial charge is 0.306 e. The molecule has 0 aliphatic heterocycles. The molecule has 0 saturated carbocycles. The highest BCUT2D eigenvalue weighted by Gasteiger charge is 2.13. The summed E-state index contributed by atoms with van der Waals surface area (Å²) in [6.45, 7) is 5.15. The minimum absolute atomic E-state index is 0.182. The highest BCUT2D eigenvalue weighted by molar-refractivity contribution is 5.69. The molecule has 0 aliphatic rings. The average Bonchev–Trinajstić information content (AvgIpc) is 3.05. The van der Waals surface area contributed by atoms with Crippen LogP contribution in [0.4, 0.5) is 0 Å². The Labute approximate surface area is 278 Å². The lowest BCUT2D eigenvalue weighted by Gasteiger charge is -2.15. The van der Waals surface area contributed by atoms with Gasteiger partial charge in [0, 0.05) is 13.0 Å². The number of hydrogen-bond donors (Lipinski definition) is 1. The van der Waals surface area contributed by atoms with Crippen LogP contribution in [0.2, 0.25) is 0 Å². The van der Waals surface area contributed by atoms with Crippen LogP contribution in [0.3, 0.4) is 0 Å². The van der Waals surface area contributed by atoms with Crippen molar-refractivity contribution in [3.05, 3.63) is 72.9 Å². The van der Waals surface area contributed by atoms with E-state index in [0.717, 1.165) is 70.6 Å². The number of esters is 1. The molecule has 4 nitrogen and oxygen atoms in total. The van der Waals surface area contributed by atoms with Gasteiger partial charge in [-0.3, -0.25) is 4.79 Å². The van der Waals surface area contributed by atoms with Crippen LogP contribution in [0.15, 0.2) is 72.9 Å². The first-order valence-electron chi connectivity index (χ1n) is 18.5. The number of carbonyl (C=O) groups excluding carboxylic acids is 1. The number of carbonyl (C=O) groups is 1. The summed E-state index contributed by atoms with van der Waals surface area (Å²) in [5.41, 5.74) is 0. The molecule has 0 radical (unpaired) electrons. The molecule has 0 aromatic heterocycles. The lowest BCUT2D eigenvalue weighted by atomic mass is 10.1. The summed E-state index contributed by atoms with van der Waals surface area (Å²) >= 11 is 0. The van der Waals surface area contributed by atoms with Crippen LogP contribution in [0.25, 0.3) is 0 Å². The number of allylic oxidation sites excluding steroid dienone is 12. The largest absolute Gasteiger partial charge is 0.457 e. The lowest BCUT2D eigenvalue weighted by Crippen LogP contribution is -2.27. The van der Waals surface area contributed by atoms with E-state index in [0.29, 0.717) is 13.0 Å². The van der Waals surface area contributed by atoms with E-state index >= 15 is 0 Å². The van der Waals surface area contributed by atoms with E-state index in [-0.39, 0.29) is 19.2 Å². The van der Waals surface area contributed by atoms with Gasteiger partial charge < -0.3 is 14.6 Å². The van der Waals surface area contributed by atoms with Gasteiger partial charge >= 0.3 is 5.97 Å². The molecule has 4 heteroatoms. The molecule has 258 valence electrons. The zero-order chi connectivity index (χ0) is 32.7. The fourth-order valence-electron chi connectivity index (χ4n) is 4.80. The SMILES string of the molecule is CC/C=C\C/C=C\C/C=C\C/C=C\C/C=C\C/C=C\CCCCCCCOCC(CO)OC(=O)CCCCCCCCCCC. The van der Waals surface area contributed by atoms with Crippen LogP contribution in [0, 0.1) is 0 Å². The van der Waals surface area contributed by atoms with Gasteiger partial charge in [-0.2, -0.15) is 0 Å². The van der Waals surface area contributed by atoms with Crippen molar-refractivity contribution < 1.29 is 19.4 Å². The molecule has 1 unspecified atom stereocenters. The standard InChI is InChI=1S/C41H70O4/c1-3-5-7-9-11-13-14-15-16-17-18-19-20-21-22-23-24-25-26-27-29-31-33-35-37-44-39-40(38-42)45-41(43)36-34-32-30-28-12-10-8-6-4-2/h5,7,11,13,15-16,18-19,21-22,24-25,40,42H,3-4,6,8-10,12,14,17,20,23,26-39H2,1-2H3/b7-5-,13-11-,16-15-,19-18-,22-21-,25-24-. The number of ether oxygens (including phenoxy) is 2. The van der Waals surface area contributed by atoms with Crippen LogP contribution < -0.4 is 0 Å². The third-order valence-corrected chi connectivity index (χ3v) is 7.55. The third kappa shape index (κ3) is 36.2. The maximum Gasteiger partial charge on any atom is 0.306 e. The van der Waals surface area contributed by atoms with Gasteiger partial charge in [0.25, 0.3) is 0 Å². The summed E-state index contributed by atoms with van der Waals surface area (Å²) in [6, 6.07) is 0. The second-order valence-electron chi connectivity index (χ2n) is 11.9. The molecule has 0 rings (SSSR count). The van der Waals surface area contributed by atoms with E-state index in [9.17, 15) is 9.90 Å². The van der Waals surface area contributed by atoms with Crippen molar-refractivity contribution >= 4 is 5.97 Å². The van der Waals surface area contributed by atoms with Gasteiger partial charge in [-0.25, -0.2) is 0 Å². The zero-order valence-electron chi connectivity index (χ0n) is 29.4. The lowest BCUT2D eigenvalue weighted by molar-refractivity contribution is -0.154. The fraction of sp³-hybridized carbons (Fsp3) is 0.683. The van der Waals surface area contributed by atoms with Crippen LogP contribution in [0.1, 0.15) is 155 Å². The van der Waals surface area contributed by atoms with E-state index < -0.39 is 6.10 Å². The summed E-state index contributed by atoms with van der Waals surface area (Å²) in [5, 5.41) is 9.52. The highest BCUT2D eigenvalue weighted by Crippen LogP contribution is 2.11. The van der Waals surface area contributed by atoms with Crippen molar-refractivity contribution in [2.24, 2.45) is 0 Å². The molecule has 45 heavy (non-hydrogen) atoms. The summed E-state index contributed by atoms with van der Waals surface area (Å²) in [5.74, 6) is -0.215. The Kier molecular flexibility index (Phi) is 36.2. The molecule has 0 aliphatic carbocycles. The number of aliphatic hydroxyl groups excluding tert-OH is 1. The van der Waals surface area contributed by atoms with Crippen molar-refractivity contribution in [3.8, 4) is 0 Å². The second-order valence-corrected chi connectivity index (χ2v) is 11.9. The van der Waals surface area contributed by atoms with E-state index in [1.807, 2.05) is 0 Å². The van der Waals surface area contributed by atoms with Gasteiger partial charge in [0.15, 0.2) is 0 Å². The first-order valence-corrected chi connectivity index (χ1v) is 18.5. The number of rotatable bonds is 33. The third-order valence-electron chi connectivity index (χ3n) is 7.55. The summed E-state index contributed by atoms with van der Waals surface area (Å²) in [4.78, 5) is 12.1. The molecule has 1 atom stereocenters. The Morgan fingerprint density at radius 1 is 0.556 bits per heavy atom. The van der Waals surface area contributed by atoms with Crippen molar-refractivity contribution in [3.63, 3.8) is 0 Å². The topological polar surface area (TPSA) is 55.8 Å². The van der Waals surface area contributed by atoms with Gasteiger partial charge in [-0.05, 0) is 64.2 Å². The molecule has 0 aromatic rings. The molecule has 0 bridgehead atoms. The molecule has 0 saturated heterocycles. The first kappa shape index (κ1) is 42.8. The van der Waals surface area contributed by atoms with Crippen LogP contribution in [-0.2, 0) is 14.3 Å². The summed E-state index contributed by atoms with van der Waals surface area (Å²) in [7, 11) is 0. The average molecular weight is 627 g/mol. The first-order chi connectivity index (χ1) is 22.2. The van der Waals surface area contributed by atoms with Gasteiger partial charge in [0.05, 0.1) is 13.2 Å².